The molecular formula is C47H73NO17. The summed E-state index contributed by atoms with van der Waals surface area (Å²) >= 11 is 0. The number of hydrogen-bond acceptors (Lipinski definition) is 17. The van der Waals surface area contributed by atoms with Gasteiger partial charge in [-0.25, -0.2) is 0 Å². The second-order valence-corrected chi connectivity index (χ2v) is 17.6. The van der Waals surface area contributed by atoms with Crippen LogP contribution in [-0.4, -0.2) is 166 Å². The minimum atomic E-state index is -2.36. The van der Waals surface area contributed by atoms with Gasteiger partial charge in [-0.3, -0.25) is 9.59 Å². The van der Waals surface area contributed by atoms with E-state index in [-0.39, 0.29) is 38.0 Å². The second-order valence-electron chi connectivity index (χ2n) is 17.6. The van der Waals surface area contributed by atoms with Gasteiger partial charge in [0.2, 0.25) is 0 Å². The molecule has 0 aromatic carbocycles. The molecule has 19 atom stereocenters. The van der Waals surface area contributed by atoms with Crippen LogP contribution >= 0.6 is 0 Å². The number of allylic oxidation sites excluding steroid dienone is 12. The maximum atomic E-state index is 12.6. The molecule has 3 rings (SSSR count). The number of carboxylic acid groups (broad SMARTS) is 1. The lowest BCUT2D eigenvalue weighted by molar-refractivity contribution is -0.310. The molecule has 3 heterocycles. The zero-order valence-electron chi connectivity index (χ0n) is 37.6. The maximum absolute atomic E-state index is 12.6. The van der Waals surface area contributed by atoms with Gasteiger partial charge in [-0.05, 0) is 39.5 Å². The van der Waals surface area contributed by atoms with E-state index in [0.29, 0.717) is 0 Å². The van der Waals surface area contributed by atoms with E-state index in [2.05, 4.69) is 0 Å². The van der Waals surface area contributed by atoms with Crippen LogP contribution in [0, 0.1) is 17.8 Å². The van der Waals surface area contributed by atoms with Crippen molar-refractivity contribution in [1.82, 2.24) is 0 Å². The van der Waals surface area contributed by atoms with Crippen molar-refractivity contribution in [2.45, 2.75) is 177 Å². The normalized spacial score (nSPS) is 45.5. The highest BCUT2D eigenvalue weighted by molar-refractivity contribution is 5.71. The summed E-state index contributed by atoms with van der Waals surface area (Å²) in [5.41, 5.74) is 6.02. The summed E-state index contributed by atoms with van der Waals surface area (Å²) in [5, 5.41) is 118. The van der Waals surface area contributed by atoms with E-state index >= 15 is 0 Å². The van der Waals surface area contributed by atoms with Crippen molar-refractivity contribution in [2.24, 2.45) is 23.5 Å². The number of hydrogen-bond donors (Lipinski definition) is 12. The van der Waals surface area contributed by atoms with E-state index in [9.17, 15) is 65.8 Å². The van der Waals surface area contributed by atoms with E-state index in [1.54, 1.807) is 86.8 Å². The van der Waals surface area contributed by atoms with Gasteiger partial charge in [0.25, 0.3) is 0 Å². The molecule has 0 radical (unpaired) electrons. The Labute approximate surface area is 381 Å². The van der Waals surface area contributed by atoms with Crippen LogP contribution in [0.2, 0.25) is 0 Å². The first-order valence-electron chi connectivity index (χ1n) is 22.3. The molecule has 0 aromatic rings. The first-order valence-corrected chi connectivity index (χ1v) is 22.3. The summed E-state index contributed by atoms with van der Waals surface area (Å²) < 4.78 is 23.1. The molecule has 3 aliphatic rings. The Hall–Kier alpha value is -3.44. The van der Waals surface area contributed by atoms with Crippen LogP contribution in [-0.2, 0) is 28.5 Å². The number of ether oxygens (including phenoxy) is 4. The van der Waals surface area contributed by atoms with Crippen LogP contribution in [0.1, 0.15) is 79.1 Å². The lowest BCUT2D eigenvalue weighted by Crippen LogP contribution is -2.61. The third kappa shape index (κ3) is 18.6. The SMILES string of the molecule is C[C@@H]1[C@H](O)[C@@H](C)\C=C/C=C/C=C/C=C/C=C/C=C/C=C/[C@H](O[C@@H]2O[C@H](C)[C@@H](O)[C@H](N)[C@@H]2O)C[C@@H]2O[C@](O)(C[C@@H](O)C(O)CCC(O)C[C@@H](O)C[C@@H](O)CC(=O)O[C@H]1C)C[C@H](O)[C@H]2C(=O)O. The van der Waals surface area contributed by atoms with Gasteiger partial charge in [-0.1, -0.05) is 98.9 Å². The standard InChI is InChI=1S/C47H73NO17/c1-27-17-15-13-11-9-7-5-6-8-10-12-14-16-18-34(64-46-44(58)41(48)43(57)30(4)63-46)24-38-40(45(59)60)37(54)26-47(61,65-38)25-36(53)35(52)20-19-31(49)21-32(50)22-33(51)23-39(55)62-29(3)28(2)42(27)56/h5-18,27-38,40-44,46,49-54,56-58,61H,19-26,48H2,1-4H3,(H,59,60)/b6-5+,9-7+,10-8+,13-11+,14-12+,17-15-,18-16+/t27-,28-,29-,30+,31?,32+,33+,34-,35?,36+,37-,38-,40+,41-,42+,43+,44-,46-,47+/m0/s1. The molecule has 18 nitrogen and oxygen atoms in total. The van der Waals surface area contributed by atoms with Crippen molar-refractivity contribution in [1.29, 1.82) is 0 Å². The Balaban J connectivity index is 1.86. The Morgan fingerprint density at radius 2 is 1.20 bits per heavy atom. The van der Waals surface area contributed by atoms with Gasteiger partial charge < -0.3 is 80.9 Å². The summed E-state index contributed by atoms with van der Waals surface area (Å²) in [7, 11) is 0. The Morgan fingerprint density at radius 1 is 0.662 bits per heavy atom. The van der Waals surface area contributed by atoms with Crippen molar-refractivity contribution in [3.8, 4) is 0 Å². The smallest absolute Gasteiger partial charge is 0.311 e. The third-order valence-electron chi connectivity index (χ3n) is 12.0. The molecule has 2 fully saturated rings. The van der Waals surface area contributed by atoms with Gasteiger partial charge in [0.05, 0.1) is 79.6 Å². The number of carboxylic acids is 1. The van der Waals surface area contributed by atoms with Crippen LogP contribution in [0.3, 0.4) is 0 Å². The van der Waals surface area contributed by atoms with E-state index < -0.39 is 141 Å². The molecule has 18 heteroatoms. The molecule has 0 amide bonds. The summed E-state index contributed by atoms with van der Waals surface area (Å²) in [4.78, 5) is 25.1. The van der Waals surface area contributed by atoms with Gasteiger partial charge in [0.15, 0.2) is 12.1 Å². The number of carbonyl (C=O) groups excluding carboxylic acids is 1. The molecule has 0 aromatic heterocycles. The maximum Gasteiger partial charge on any atom is 0.311 e. The Morgan fingerprint density at radius 3 is 1.78 bits per heavy atom. The molecule has 2 bridgehead atoms. The molecule has 0 aliphatic carbocycles. The molecular weight excluding hydrogens is 851 g/mol. The molecule has 65 heavy (non-hydrogen) atoms. The fraction of sp³-hybridized carbons (Fsp3) is 0.660. The topological polar surface area (TPSA) is 320 Å². The summed E-state index contributed by atoms with van der Waals surface area (Å²) in [5.74, 6) is -6.88. The number of fused-ring (bicyclic) bond motifs is 2. The summed E-state index contributed by atoms with van der Waals surface area (Å²) in [6, 6.07) is -1.15. The first-order chi connectivity index (χ1) is 30.6. The van der Waals surface area contributed by atoms with Crippen molar-refractivity contribution < 1.29 is 84.7 Å². The number of aliphatic carboxylic acids is 1. The molecule has 3 aliphatic heterocycles. The largest absolute Gasteiger partial charge is 0.481 e. The highest BCUT2D eigenvalue weighted by atomic mass is 16.7. The van der Waals surface area contributed by atoms with Crippen molar-refractivity contribution >= 4 is 11.9 Å². The van der Waals surface area contributed by atoms with E-state index in [4.69, 9.17) is 24.7 Å². The van der Waals surface area contributed by atoms with Crippen molar-refractivity contribution in [2.75, 3.05) is 0 Å². The zero-order chi connectivity index (χ0) is 48.4. The number of carbonyl (C=O) groups is 2. The molecule has 0 spiro atoms. The number of aliphatic hydroxyl groups excluding tert-OH is 9. The Kier molecular flexibility index (Phi) is 23.6. The van der Waals surface area contributed by atoms with Gasteiger partial charge in [-0.2, -0.15) is 0 Å². The van der Waals surface area contributed by atoms with E-state index in [0.717, 1.165) is 0 Å². The Bertz CT molecular complexity index is 1670. The lowest BCUT2D eigenvalue weighted by Gasteiger charge is -2.45. The van der Waals surface area contributed by atoms with Gasteiger partial charge in [0.1, 0.15) is 18.1 Å². The van der Waals surface area contributed by atoms with Gasteiger partial charge in [0, 0.05) is 31.1 Å². The predicted molar refractivity (Wildman–Crippen MR) is 237 cm³/mol. The summed E-state index contributed by atoms with van der Waals surface area (Å²) in [6.45, 7) is 6.74. The highest BCUT2D eigenvalue weighted by Gasteiger charge is 2.51. The van der Waals surface area contributed by atoms with Crippen LogP contribution in [0.25, 0.3) is 0 Å². The van der Waals surface area contributed by atoms with Crippen molar-refractivity contribution in [3.63, 3.8) is 0 Å². The van der Waals surface area contributed by atoms with Crippen molar-refractivity contribution in [3.05, 3.63) is 85.1 Å². The average Bonchev–Trinajstić information content (AvgIpc) is 3.21. The van der Waals surface area contributed by atoms with Crippen LogP contribution in [0.5, 0.6) is 0 Å². The minimum Gasteiger partial charge on any atom is -0.481 e. The van der Waals surface area contributed by atoms with Gasteiger partial charge >= 0.3 is 11.9 Å². The fourth-order valence-corrected chi connectivity index (χ4v) is 7.96. The quantitative estimate of drug-likeness (QED) is 0.174. The number of esters is 1. The fourth-order valence-electron chi connectivity index (χ4n) is 7.96. The monoisotopic (exact) mass is 923 g/mol. The van der Waals surface area contributed by atoms with Crippen LogP contribution in [0.15, 0.2) is 85.1 Å². The molecule has 2 saturated heterocycles. The number of rotatable bonds is 3. The lowest BCUT2D eigenvalue weighted by atomic mass is 9.82. The third-order valence-corrected chi connectivity index (χ3v) is 12.0. The molecule has 2 unspecified atom stereocenters. The number of aliphatic hydroxyl groups is 10. The highest BCUT2D eigenvalue weighted by Crippen LogP contribution is 2.38. The van der Waals surface area contributed by atoms with Crippen LogP contribution < -0.4 is 5.73 Å². The minimum absolute atomic E-state index is 0.140. The average molecular weight is 924 g/mol. The molecule has 0 saturated carbocycles. The zero-order valence-corrected chi connectivity index (χ0v) is 37.6. The second kappa shape index (κ2) is 27.4. The van der Waals surface area contributed by atoms with Gasteiger partial charge in [-0.15, -0.1) is 0 Å². The number of nitrogens with two attached hydrogens (primary N) is 1. The molecule has 368 valence electrons. The van der Waals surface area contributed by atoms with E-state index in [1.807, 2.05) is 13.0 Å². The summed E-state index contributed by atoms with van der Waals surface area (Å²) in [6.07, 6.45) is 3.49. The predicted octanol–water partition coefficient (Wildman–Crippen LogP) is 0.712. The first kappa shape index (κ1) is 55.9. The number of cyclic esters (lactones) is 1. The molecule has 13 N–H and O–H groups in total. The van der Waals surface area contributed by atoms with Crippen LogP contribution in [0.4, 0.5) is 0 Å². The van der Waals surface area contributed by atoms with E-state index in [1.165, 1.54) is 13.0 Å².